The summed E-state index contributed by atoms with van der Waals surface area (Å²) in [6.45, 7) is 5.14. The van der Waals surface area contributed by atoms with E-state index in [1.807, 2.05) is 7.05 Å². The van der Waals surface area contributed by atoms with Crippen molar-refractivity contribution in [1.29, 1.82) is 0 Å². The molecule has 15 heavy (non-hydrogen) atoms. The van der Waals surface area contributed by atoms with Crippen molar-refractivity contribution in [3.63, 3.8) is 0 Å². The number of rotatable bonds is 3. The fraction of sp³-hybridized carbons (Fsp3) is 0.429. The van der Waals surface area contributed by atoms with Crippen LogP contribution in [-0.2, 0) is 12.8 Å². The van der Waals surface area contributed by atoms with Crippen LogP contribution in [0.2, 0.25) is 0 Å². The van der Waals surface area contributed by atoms with Gasteiger partial charge in [0.15, 0.2) is 0 Å². The van der Waals surface area contributed by atoms with Crippen molar-refractivity contribution in [2.75, 3.05) is 13.6 Å². The fourth-order valence-electron chi connectivity index (χ4n) is 1.61. The highest BCUT2D eigenvalue weighted by Crippen LogP contribution is 2.12. The lowest BCUT2D eigenvalue weighted by atomic mass is 10.0. The van der Waals surface area contributed by atoms with Gasteiger partial charge in [-0.1, -0.05) is 31.8 Å². The van der Waals surface area contributed by atoms with Crippen LogP contribution in [0, 0.1) is 11.8 Å². The Morgan fingerprint density at radius 1 is 1.13 bits per heavy atom. The van der Waals surface area contributed by atoms with Gasteiger partial charge in [0.1, 0.15) is 0 Å². The van der Waals surface area contributed by atoms with E-state index >= 15 is 0 Å². The average Bonchev–Trinajstić information content (AvgIpc) is 2.29. The van der Waals surface area contributed by atoms with E-state index in [-0.39, 0.29) is 0 Å². The van der Waals surface area contributed by atoms with Gasteiger partial charge in [0.25, 0.3) is 0 Å². The second-order valence-corrected chi connectivity index (χ2v) is 3.52. The Labute approximate surface area is 92.9 Å². The first-order chi connectivity index (χ1) is 7.31. The third-order valence-electron chi connectivity index (χ3n) is 2.47. The summed E-state index contributed by atoms with van der Waals surface area (Å²) in [7, 11) is 1.91. The molecule has 0 fully saturated rings. The molecule has 0 aliphatic heterocycles. The minimum atomic E-state index is 0.747. The van der Waals surface area contributed by atoms with Crippen LogP contribution in [0.25, 0.3) is 0 Å². The summed E-state index contributed by atoms with van der Waals surface area (Å²) in [5.74, 6) is 6.24. The molecule has 0 aromatic heterocycles. The molecule has 0 saturated heterocycles. The van der Waals surface area contributed by atoms with Crippen LogP contribution >= 0.6 is 0 Å². The number of hydrogen-bond acceptors (Lipinski definition) is 1. The van der Waals surface area contributed by atoms with Crippen molar-refractivity contribution in [3.8, 4) is 11.8 Å². The van der Waals surface area contributed by atoms with E-state index in [1.54, 1.807) is 0 Å². The zero-order valence-corrected chi connectivity index (χ0v) is 9.85. The predicted molar refractivity (Wildman–Crippen MR) is 66.0 cm³/mol. The third-order valence-corrected chi connectivity index (χ3v) is 2.47. The van der Waals surface area contributed by atoms with Crippen LogP contribution < -0.4 is 5.32 Å². The Bertz CT molecular complexity index is 369. The molecule has 1 aromatic carbocycles. The molecule has 80 valence electrons. The minimum Gasteiger partial charge on any atom is -0.309 e. The summed E-state index contributed by atoms with van der Waals surface area (Å²) in [6.07, 6.45) is 2.19. The highest BCUT2D eigenvalue weighted by atomic mass is 14.8. The van der Waals surface area contributed by atoms with E-state index in [2.05, 4.69) is 49.2 Å². The van der Waals surface area contributed by atoms with E-state index in [9.17, 15) is 0 Å². The standard InChI is InChI=1S/C14H19N/c1-4-13-9-8-12(7-6-10-15-3)11-14(13)5-2/h8-9,11,15H,4-5,10H2,1-3H3. The molecule has 1 N–H and O–H groups in total. The molecule has 0 saturated carbocycles. The molecule has 1 aromatic rings. The summed E-state index contributed by atoms with van der Waals surface area (Å²) < 4.78 is 0. The van der Waals surface area contributed by atoms with Gasteiger partial charge in [-0.15, -0.1) is 0 Å². The quantitative estimate of drug-likeness (QED) is 0.740. The second-order valence-electron chi connectivity index (χ2n) is 3.52. The van der Waals surface area contributed by atoms with Crippen LogP contribution in [0.3, 0.4) is 0 Å². The molecule has 0 aliphatic rings. The molecule has 0 heterocycles. The normalized spacial score (nSPS) is 9.53. The molecule has 0 amide bonds. The smallest absolute Gasteiger partial charge is 0.0577 e. The van der Waals surface area contributed by atoms with Gasteiger partial charge in [-0.05, 0) is 43.1 Å². The Balaban J connectivity index is 2.89. The lowest BCUT2D eigenvalue weighted by molar-refractivity contribution is 0.938. The number of benzene rings is 1. The van der Waals surface area contributed by atoms with Gasteiger partial charge < -0.3 is 5.32 Å². The van der Waals surface area contributed by atoms with Crippen LogP contribution in [0.5, 0.6) is 0 Å². The SMILES string of the molecule is CCc1ccc(C#CCNC)cc1CC. The monoisotopic (exact) mass is 201 g/mol. The summed E-state index contributed by atoms with van der Waals surface area (Å²) >= 11 is 0. The van der Waals surface area contributed by atoms with Crippen molar-refractivity contribution in [1.82, 2.24) is 5.32 Å². The van der Waals surface area contributed by atoms with E-state index < -0.39 is 0 Å². The topological polar surface area (TPSA) is 12.0 Å². The van der Waals surface area contributed by atoms with Crippen molar-refractivity contribution in [3.05, 3.63) is 34.9 Å². The van der Waals surface area contributed by atoms with E-state index in [1.165, 1.54) is 11.1 Å². The van der Waals surface area contributed by atoms with Crippen LogP contribution in [0.4, 0.5) is 0 Å². The highest BCUT2D eigenvalue weighted by Gasteiger charge is 1.98. The maximum Gasteiger partial charge on any atom is 0.0577 e. The highest BCUT2D eigenvalue weighted by molar-refractivity contribution is 5.41. The fourth-order valence-corrected chi connectivity index (χ4v) is 1.61. The second kappa shape index (κ2) is 6.27. The van der Waals surface area contributed by atoms with Crippen LogP contribution in [0.1, 0.15) is 30.5 Å². The van der Waals surface area contributed by atoms with Gasteiger partial charge in [-0.25, -0.2) is 0 Å². The molecule has 1 rings (SSSR count). The predicted octanol–water partition coefficient (Wildman–Crippen LogP) is 2.38. The molecular weight excluding hydrogens is 182 g/mol. The van der Waals surface area contributed by atoms with Gasteiger partial charge in [-0.2, -0.15) is 0 Å². The molecule has 0 aliphatic carbocycles. The van der Waals surface area contributed by atoms with Crippen molar-refractivity contribution in [2.24, 2.45) is 0 Å². The molecule has 0 radical (unpaired) electrons. The van der Waals surface area contributed by atoms with Crippen molar-refractivity contribution < 1.29 is 0 Å². The Morgan fingerprint density at radius 3 is 2.47 bits per heavy atom. The minimum absolute atomic E-state index is 0.747. The zero-order valence-electron chi connectivity index (χ0n) is 9.85. The summed E-state index contributed by atoms with van der Waals surface area (Å²) in [6, 6.07) is 6.52. The van der Waals surface area contributed by atoms with Crippen LogP contribution in [0.15, 0.2) is 18.2 Å². The summed E-state index contributed by atoms with van der Waals surface area (Å²) in [4.78, 5) is 0. The molecule has 1 nitrogen and oxygen atoms in total. The first-order valence-electron chi connectivity index (χ1n) is 5.57. The Kier molecular flexibility index (Phi) is 4.93. The first kappa shape index (κ1) is 11.8. The number of nitrogens with one attached hydrogen (secondary N) is 1. The lowest BCUT2D eigenvalue weighted by Gasteiger charge is -2.05. The van der Waals surface area contributed by atoms with Crippen LogP contribution in [-0.4, -0.2) is 13.6 Å². The number of aryl methyl sites for hydroxylation is 2. The van der Waals surface area contributed by atoms with Gasteiger partial charge in [0.2, 0.25) is 0 Å². The molecular formula is C14H19N. The maximum atomic E-state index is 3.16. The third kappa shape index (κ3) is 3.42. The maximum absolute atomic E-state index is 3.16. The lowest BCUT2D eigenvalue weighted by Crippen LogP contribution is -2.04. The Morgan fingerprint density at radius 2 is 1.87 bits per heavy atom. The summed E-state index contributed by atoms with van der Waals surface area (Å²) in [5, 5.41) is 3.02. The molecule has 0 spiro atoms. The molecule has 0 atom stereocenters. The zero-order chi connectivity index (χ0) is 11.1. The van der Waals surface area contributed by atoms with Gasteiger partial charge in [0.05, 0.1) is 6.54 Å². The number of hydrogen-bond donors (Lipinski definition) is 1. The molecule has 0 bridgehead atoms. The molecule has 0 unspecified atom stereocenters. The van der Waals surface area contributed by atoms with Crippen molar-refractivity contribution >= 4 is 0 Å². The van der Waals surface area contributed by atoms with E-state index in [0.29, 0.717) is 0 Å². The van der Waals surface area contributed by atoms with Gasteiger partial charge >= 0.3 is 0 Å². The van der Waals surface area contributed by atoms with Crippen molar-refractivity contribution in [2.45, 2.75) is 26.7 Å². The largest absolute Gasteiger partial charge is 0.309 e. The first-order valence-corrected chi connectivity index (χ1v) is 5.57. The molecule has 1 heteroatoms. The van der Waals surface area contributed by atoms with E-state index in [0.717, 1.165) is 24.9 Å². The van der Waals surface area contributed by atoms with Gasteiger partial charge in [0, 0.05) is 5.56 Å². The Hall–Kier alpha value is -1.26. The average molecular weight is 201 g/mol. The summed E-state index contributed by atoms with van der Waals surface area (Å²) in [5.41, 5.74) is 3.99. The van der Waals surface area contributed by atoms with Gasteiger partial charge in [-0.3, -0.25) is 0 Å². The van der Waals surface area contributed by atoms with E-state index in [4.69, 9.17) is 0 Å².